The third-order valence-electron chi connectivity index (χ3n) is 17.3. The molecule has 0 fully saturated rings. The molecule has 3 N–H and O–H groups in total. The summed E-state index contributed by atoms with van der Waals surface area (Å²) >= 11 is 0. The Morgan fingerprint density at radius 3 is 0.952 bits per heavy atom. The van der Waals surface area contributed by atoms with Crippen molar-refractivity contribution in [2.45, 2.75) is 418 Å². The lowest BCUT2D eigenvalue weighted by molar-refractivity contribution is -0.143. The molecule has 0 bridgehead atoms. The number of nitrogens with one attached hydrogen (secondary N) is 1. The number of ether oxygens (including phenoxy) is 1. The molecule has 0 aliphatic heterocycles. The number of rotatable bonds is 70. The summed E-state index contributed by atoms with van der Waals surface area (Å²) in [6, 6.07) is -0.632. The molecule has 2 unspecified atom stereocenters. The van der Waals surface area contributed by atoms with Crippen molar-refractivity contribution in [1.82, 2.24) is 5.32 Å². The van der Waals surface area contributed by atoms with Crippen molar-refractivity contribution in [2.75, 3.05) is 13.2 Å². The second kappa shape index (κ2) is 72.3. The molecule has 488 valence electrons. The molecule has 6 heteroatoms. The first-order valence-corrected chi connectivity index (χ1v) is 37.4. The van der Waals surface area contributed by atoms with E-state index in [1.807, 2.05) is 6.08 Å². The standard InChI is InChI=1S/C77H145NO5/c1-3-5-7-9-11-13-15-17-19-20-21-22-23-26-29-32-35-38-42-45-49-53-57-61-65-69-75(80)74(73-79)78-76(81)70-66-62-58-54-50-46-43-39-36-33-30-27-24-25-28-31-34-37-40-44-48-52-56-60-64-68-72-83-77(82)71-67-63-59-55-51-47-41-18-16-14-12-10-8-6-4-2/h12,14,18,24,27,41,65,69,74-75,79-80H,3-11,13,15-17,19-23,25-26,28-40,42-64,66-68,70-73H2,1-2H3,(H,78,81)/b14-12-,27-24-,41-18-,69-65+. The van der Waals surface area contributed by atoms with E-state index in [2.05, 4.69) is 55.6 Å². The van der Waals surface area contributed by atoms with Crippen LogP contribution in [0.5, 0.6) is 0 Å². The molecule has 2 atom stereocenters. The normalized spacial score (nSPS) is 12.8. The van der Waals surface area contributed by atoms with Gasteiger partial charge in [-0.15, -0.1) is 0 Å². The average molecular weight is 1170 g/mol. The zero-order valence-electron chi connectivity index (χ0n) is 55.9. The third kappa shape index (κ3) is 68.8. The van der Waals surface area contributed by atoms with Crippen molar-refractivity contribution in [3.8, 4) is 0 Å². The highest BCUT2D eigenvalue weighted by atomic mass is 16.5. The SMILES string of the molecule is CCCCC/C=C\C/C=C\CCCCCCCC(=O)OCCCCCCCCCCCCCC/C=C\CCCCCCCCCCCCC(=O)NC(CO)C(O)/C=C/CCCCCCCCCCCCCCCCCCCCCCCCC. The van der Waals surface area contributed by atoms with Gasteiger partial charge in [0.2, 0.25) is 5.91 Å². The van der Waals surface area contributed by atoms with Crippen LogP contribution in [0.2, 0.25) is 0 Å². The summed E-state index contributed by atoms with van der Waals surface area (Å²) in [4.78, 5) is 24.6. The van der Waals surface area contributed by atoms with E-state index in [1.54, 1.807) is 6.08 Å². The van der Waals surface area contributed by atoms with Crippen LogP contribution in [0.15, 0.2) is 48.6 Å². The van der Waals surface area contributed by atoms with Gasteiger partial charge in [0.15, 0.2) is 0 Å². The van der Waals surface area contributed by atoms with Gasteiger partial charge in [0.1, 0.15) is 0 Å². The second-order valence-corrected chi connectivity index (χ2v) is 25.6. The van der Waals surface area contributed by atoms with Gasteiger partial charge in [-0.05, 0) is 89.9 Å². The Labute approximate surface area is 518 Å². The number of aliphatic hydroxyl groups excluding tert-OH is 2. The number of hydrogen-bond donors (Lipinski definition) is 3. The van der Waals surface area contributed by atoms with Crippen LogP contribution < -0.4 is 5.32 Å². The van der Waals surface area contributed by atoms with Gasteiger partial charge in [-0.2, -0.15) is 0 Å². The maximum Gasteiger partial charge on any atom is 0.305 e. The predicted molar refractivity (Wildman–Crippen MR) is 366 cm³/mol. The van der Waals surface area contributed by atoms with Crippen LogP contribution in [-0.2, 0) is 14.3 Å². The van der Waals surface area contributed by atoms with E-state index < -0.39 is 12.1 Å². The van der Waals surface area contributed by atoms with E-state index in [0.29, 0.717) is 19.4 Å². The molecule has 0 aliphatic carbocycles. The smallest absolute Gasteiger partial charge is 0.305 e. The first-order valence-electron chi connectivity index (χ1n) is 37.4. The van der Waals surface area contributed by atoms with Crippen LogP contribution in [0.3, 0.4) is 0 Å². The second-order valence-electron chi connectivity index (χ2n) is 25.6. The van der Waals surface area contributed by atoms with E-state index in [4.69, 9.17) is 4.74 Å². The molecule has 0 aromatic rings. The van der Waals surface area contributed by atoms with Gasteiger partial charge >= 0.3 is 5.97 Å². The molecule has 0 aromatic heterocycles. The van der Waals surface area contributed by atoms with Gasteiger partial charge in [0.05, 0.1) is 25.4 Å². The van der Waals surface area contributed by atoms with Crippen LogP contribution in [0, 0.1) is 0 Å². The van der Waals surface area contributed by atoms with E-state index in [9.17, 15) is 19.8 Å². The van der Waals surface area contributed by atoms with Crippen molar-refractivity contribution in [2.24, 2.45) is 0 Å². The zero-order chi connectivity index (χ0) is 59.9. The van der Waals surface area contributed by atoms with Crippen molar-refractivity contribution < 1.29 is 24.5 Å². The fraction of sp³-hybridized carbons (Fsp3) is 0.870. The number of aliphatic hydroxyl groups is 2. The predicted octanol–water partition coefficient (Wildman–Crippen LogP) is 24.4. The Bertz CT molecular complexity index is 1390. The van der Waals surface area contributed by atoms with Crippen LogP contribution in [0.1, 0.15) is 406 Å². The summed E-state index contributed by atoms with van der Waals surface area (Å²) in [6.07, 6.45) is 94.9. The number of amides is 1. The van der Waals surface area contributed by atoms with Crippen molar-refractivity contribution in [3.05, 3.63) is 48.6 Å². The van der Waals surface area contributed by atoms with Crippen LogP contribution in [0.25, 0.3) is 0 Å². The van der Waals surface area contributed by atoms with Gasteiger partial charge in [0, 0.05) is 12.8 Å². The summed E-state index contributed by atoms with van der Waals surface area (Å²) in [6.45, 7) is 4.91. The van der Waals surface area contributed by atoms with Crippen molar-refractivity contribution in [3.63, 3.8) is 0 Å². The highest BCUT2D eigenvalue weighted by Crippen LogP contribution is 2.19. The quantitative estimate of drug-likeness (QED) is 0.0320. The summed E-state index contributed by atoms with van der Waals surface area (Å²) in [5, 5.41) is 23.3. The number of carbonyl (C=O) groups excluding carboxylic acids is 2. The number of hydrogen-bond acceptors (Lipinski definition) is 5. The third-order valence-corrected chi connectivity index (χ3v) is 17.3. The maximum absolute atomic E-state index is 12.5. The molecule has 0 saturated heterocycles. The highest BCUT2D eigenvalue weighted by molar-refractivity contribution is 5.76. The number of allylic oxidation sites excluding steroid dienone is 7. The summed E-state index contributed by atoms with van der Waals surface area (Å²) in [5.74, 6) is -0.0657. The first kappa shape index (κ1) is 80.8. The minimum atomic E-state index is -0.848. The van der Waals surface area contributed by atoms with E-state index in [1.165, 1.54) is 327 Å². The fourth-order valence-electron chi connectivity index (χ4n) is 11.6. The Balaban J connectivity index is 3.43. The summed E-state index contributed by atoms with van der Waals surface area (Å²) in [5.41, 5.74) is 0. The molecule has 0 saturated carbocycles. The molecule has 83 heavy (non-hydrogen) atoms. The monoisotopic (exact) mass is 1160 g/mol. The molecule has 0 rings (SSSR count). The molecule has 0 aliphatic rings. The molecule has 0 radical (unpaired) electrons. The number of carbonyl (C=O) groups is 2. The van der Waals surface area contributed by atoms with Crippen molar-refractivity contribution in [1.29, 1.82) is 0 Å². The van der Waals surface area contributed by atoms with Crippen LogP contribution >= 0.6 is 0 Å². The van der Waals surface area contributed by atoms with Gasteiger partial charge in [-0.1, -0.05) is 351 Å². The van der Waals surface area contributed by atoms with Gasteiger partial charge in [-0.25, -0.2) is 0 Å². The molecule has 1 amide bonds. The van der Waals surface area contributed by atoms with Gasteiger partial charge in [-0.3, -0.25) is 9.59 Å². The Hall–Kier alpha value is -2.18. The van der Waals surface area contributed by atoms with E-state index in [0.717, 1.165) is 51.4 Å². The minimum absolute atomic E-state index is 0.000254. The van der Waals surface area contributed by atoms with E-state index >= 15 is 0 Å². The fourth-order valence-corrected chi connectivity index (χ4v) is 11.6. The number of unbranched alkanes of at least 4 members (excludes halogenated alkanes) is 53. The summed E-state index contributed by atoms with van der Waals surface area (Å²) in [7, 11) is 0. The highest BCUT2D eigenvalue weighted by Gasteiger charge is 2.18. The lowest BCUT2D eigenvalue weighted by Crippen LogP contribution is -2.45. The maximum atomic E-state index is 12.5. The first-order chi connectivity index (χ1) is 41.0. The number of esters is 1. The van der Waals surface area contributed by atoms with Gasteiger partial charge in [0.25, 0.3) is 0 Å². The molecular formula is C77H145NO5. The Morgan fingerprint density at radius 1 is 0.337 bits per heavy atom. The molecular weight excluding hydrogens is 1020 g/mol. The lowest BCUT2D eigenvalue weighted by Gasteiger charge is -2.20. The molecule has 0 heterocycles. The Morgan fingerprint density at radius 2 is 0.602 bits per heavy atom. The molecule has 6 nitrogen and oxygen atoms in total. The van der Waals surface area contributed by atoms with Crippen molar-refractivity contribution >= 4 is 11.9 Å². The average Bonchev–Trinajstić information content (AvgIpc) is 3.49. The van der Waals surface area contributed by atoms with Crippen LogP contribution in [0.4, 0.5) is 0 Å². The van der Waals surface area contributed by atoms with Gasteiger partial charge < -0.3 is 20.3 Å². The lowest BCUT2D eigenvalue weighted by atomic mass is 10.0. The Kier molecular flexibility index (Phi) is 70.4. The topological polar surface area (TPSA) is 95.9 Å². The molecule has 0 aromatic carbocycles. The van der Waals surface area contributed by atoms with E-state index in [-0.39, 0.29) is 18.5 Å². The minimum Gasteiger partial charge on any atom is -0.466 e. The zero-order valence-corrected chi connectivity index (χ0v) is 55.9. The summed E-state index contributed by atoms with van der Waals surface area (Å²) < 4.78 is 5.49. The molecule has 0 spiro atoms. The largest absolute Gasteiger partial charge is 0.466 e. The van der Waals surface area contributed by atoms with Crippen LogP contribution in [-0.4, -0.2) is 47.4 Å².